The van der Waals surface area contributed by atoms with Gasteiger partial charge in [0.05, 0.1) is 5.71 Å². The van der Waals surface area contributed by atoms with Crippen molar-refractivity contribution in [2.75, 3.05) is 0 Å². The molecule has 1 aromatic carbocycles. The van der Waals surface area contributed by atoms with Gasteiger partial charge in [0, 0.05) is 29.9 Å². The van der Waals surface area contributed by atoms with E-state index in [9.17, 15) is 4.79 Å². The van der Waals surface area contributed by atoms with Crippen LogP contribution in [-0.2, 0) is 4.79 Å². The highest BCUT2D eigenvalue weighted by molar-refractivity contribution is 6.13. The van der Waals surface area contributed by atoms with Crippen molar-refractivity contribution in [3.63, 3.8) is 0 Å². The van der Waals surface area contributed by atoms with Gasteiger partial charge in [0.1, 0.15) is 0 Å². The van der Waals surface area contributed by atoms with Gasteiger partial charge in [-0.3, -0.25) is 9.78 Å². The van der Waals surface area contributed by atoms with Gasteiger partial charge in [-0.1, -0.05) is 88.6 Å². The Balaban J connectivity index is 1.75. The Morgan fingerprint density at radius 3 is 2.04 bits per heavy atom. The predicted molar refractivity (Wildman–Crippen MR) is 116 cm³/mol. The largest absolute Gasteiger partial charge is 0.273 e. The Morgan fingerprint density at radius 1 is 0.821 bits per heavy atom. The van der Waals surface area contributed by atoms with E-state index in [2.05, 4.69) is 22.4 Å². The number of aromatic nitrogens is 1. The Labute approximate surface area is 169 Å². The third-order valence-corrected chi connectivity index (χ3v) is 4.80. The highest BCUT2D eigenvalue weighted by Gasteiger charge is 2.08. The first-order valence-corrected chi connectivity index (χ1v) is 10.6. The minimum absolute atomic E-state index is 0.0227. The van der Waals surface area contributed by atoms with Crippen LogP contribution in [0.3, 0.4) is 0 Å². The van der Waals surface area contributed by atoms with Gasteiger partial charge in [-0.05, 0) is 18.6 Å². The number of hydrogen-bond acceptors (Lipinski definition) is 3. The van der Waals surface area contributed by atoms with Crippen molar-refractivity contribution in [1.29, 1.82) is 0 Å². The number of carbonyl (C=O) groups excluding carboxylic acids is 1. The summed E-state index contributed by atoms with van der Waals surface area (Å²) in [7, 11) is 0. The second-order valence-corrected chi connectivity index (χ2v) is 7.18. The quantitative estimate of drug-likeness (QED) is 0.269. The molecule has 0 radical (unpaired) electrons. The number of carbonyl (C=O) groups is 1. The molecule has 1 aromatic heterocycles. The second kappa shape index (κ2) is 13.6. The van der Waals surface area contributed by atoms with E-state index >= 15 is 0 Å². The van der Waals surface area contributed by atoms with Gasteiger partial charge in [-0.2, -0.15) is 5.10 Å². The number of hydrogen-bond donors (Lipinski definition) is 1. The topological polar surface area (TPSA) is 54.4 Å². The summed E-state index contributed by atoms with van der Waals surface area (Å²) < 4.78 is 0. The van der Waals surface area contributed by atoms with E-state index in [4.69, 9.17) is 0 Å². The lowest BCUT2D eigenvalue weighted by molar-refractivity contribution is -0.121. The van der Waals surface area contributed by atoms with Gasteiger partial charge in [-0.15, -0.1) is 0 Å². The third kappa shape index (κ3) is 8.47. The van der Waals surface area contributed by atoms with Crippen LogP contribution in [0.25, 0.3) is 0 Å². The van der Waals surface area contributed by atoms with Crippen molar-refractivity contribution in [2.45, 2.75) is 71.1 Å². The Hall–Kier alpha value is -2.49. The summed E-state index contributed by atoms with van der Waals surface area (Å²) in [6.45, 7) is 2.25. The molecule has 150 valence electrons. The molecule has 0 aliphatic heterocycles. The SMILES string of the molecule is CCCCCCCCCCCC(=O)N/N=C(\c1ccccc1)c1ccncc1. The molecule has 0 fully saturated rings. The average Bonchev–Trinajstić information content (AvgIpc) is 2.74. The normalized spacial score (nSPS) is 11.4. The van der Waals surface area contributed by atoms with Crippen LogP contribution in [0.4, 0.5) is 0 Å². The van der Waals surface area contributed by atoms with Crippen LogP contribution >= 0.6 is 0 Å². The highest BCUT2D eigenvalue weighted by atomic mass is 16.2. The molecule has 0 spiro atoms. The lowest BCUT2D eigenvalue weighted by atomic mass is 10.0. The van der Waals surface area contributed by atoms with Gasteiger partial charge in [-0.25, -0.2) is 5.43 Å². The summed E-state index contributed by atoms with van der Waals surface area (Å²) >= 11 is 0. The van der Waals surface area contributed by atoms with Crippen molar-refractivity contribution in [2.24, 2.45) is 5.10 Å². The molecule has 0 atom stereocenters. The summed E-state index contributed by atoms with van der Waals surface area (Å²) in [6, 6.07) is 13.7. The van der Waals surface area contributed by atoms with Crippen LogP contribution in [0.2, 0.25) is 0 Å². The number of rotatable bonds is 13. The van der Waals surface area contributed by atoms with E-state index in [1.54, 1.807) is 12.4 Å². The minimum atomic E-state index is -0.0227. The highest BCUT2D eigenvalue weighted by Crippen LogP contribution is 2.11. The lowest BCUT2D eigenvalue weighted by Gasteiger charge is -2.08. The maximum absolute atomic E-state index is 12.2. The van der Waals surface area contributed by atoms with E-state index in [-0.39, 0.29) is 5.91 Å². The number of nitrogens with one attached hydrogen (secondary N) is 1. The molecule has 1 amide bonds. The van der Waals surface area contributed by atoms with Gasteiger partial charge in [0.25, 0.3) is 0 Å². The molecule has 0 saturated carbocycles. The van der Waals surface area contributed by atoms with Crippen LogP contribution in [0.1, 0.15) is 82.3 Å². The Kier molecular flexibility index (Phi) is 10.6. The van der Waals surface area contributed by atoms with Crippen LogP contribution in [0, 0.1) is 0 Å². The van der Waals surface area contributed by atoms with Crippen LogP contribution in [0.5, 0.6) is 0 Å². The Bertz CT molecular complexity index is 657. The van der Waals surface area contributed by atoms with E-state index < -0.39 is 0 Å². The van der Waals surface area contributed by atoms with Crippen molar-refractivity contribution in [3.05, 3.63) is 66.0 Å². The number of pyridine rings is 1. The molecule has 28 heavy (non-hydrogen) atoms. The van der Waals surface area contributed by atoms with Gasteiger partial charge in [0.2, 0.25) is 5.91 Å². The zero-order valence-corrected chi connectivity index (χ0v) is 17.1. The van der Waals surface area contributed by atoms with Crippen molar-refractivity contribution in [1.82, 2.24) is 10.4 Å². The van der Waals surface area contributed by atoms with Crippen molar-refractivity contribution >= 4 is 11.6 Å². The van der Waals surface area contributed by atoms with E-state index in [0.717, 1.165) is 29.7 Å². The average molecular weight is 380 g/mol. The standard InChI is InChI=1S/C24H33N3O/c1-2-3-4-5-6-7-8-9-13-16-23(28)26-27-24(21-14-11-10-12-15-21)22-17-19-25-20-18-22/h10-12,14-15,17-20H,2-9,13,16H2,1H3,(H,26,28)/b27-24+. The number of hydrazone groups is 1. The van der Waals surface area contributed by atoms with Crippen molar-refractivity contribution in [3.8, 4) is 0 Å². The second-order valence-electron chi connectivity index (χ2n) is 7.18. The molecule has 4 nitrogen and oxygen atoms in total. The van der Waals surface area contributed by atoms with E-state index in [1.807, 2.05) is 42.5 Å². The molecule has 2 rings (SSSR count). The molecular weight excluding hydrogens is 346 g/mol. The molecule has 0 aliphatic rings. The fraction of sp³-hybridized carbons (Fsp3) is 0.458. The smallest absolute Gasteiger partial charge is 0.240 e. The number of benzene rings is 1. The summed E-state index contributed by atoms with van der Waals surface area (Å²) in [5.74, 6) is -0.0227. The van der Waals surface area contributed by atoms with Gasteiger partial charge < -0.3 is 0 Å². The minimum Gasteiger partial charge on any atom is -0.273 e. The number of unbranched alkanes of at least 4 members (excludes halogenated alkanes) is 8. The maximum atomic E-state index is 12.2. The first-order chi connectivity index (χ1) is 13.8. The zero-order valence-electron chi connectivity index (χ0n) is 17.1. The van der Waals surface area contributed by atoms with Crippen LogP contribution < -0.4 is 5.43 Å². The number of amides is 1. The van der Waals surface area contributed by atoms with Gasteiger partial charge in [0.15, 0.2) is 0 Å². The molecular formula is C24H33N3O. The summed E-state index contributed by atoms with van der Waals surface area (Å²) in [4.78, 5) is 16.2. The molecule has 0 aliphatic carbocycles. The molecule has 0 unspecified atom stereocenters. The summed E-state index contributed by atoms with van der Waals surface area (Å²) in [5, 5.41) is 4.41. The van der Waals surface area contributed by atoms with Gasteiger partial charge >= 0.3 is 0 Å². The summed E-state index contributed by atoms with van der Waals surface area (Å²) in [6.07, 6.45) is 15.2. The molecule has 0 bridgehead atoms. The van der Waals surface area contributed by atoms with Crippen molar-refractivity contribution < 1.29 is 4.79 Å². The van der Waals surface area contributed by atoms with E-state index in [0.29, 0.717) is 6.42 Å². The molecule has 1 N–H and O–H groups in total. The predicted octanol–water partition coefficient (Wildman–Crippen LogP) is 5.87. The third-order valence-electron chi connectivity index (χ3n) is 4.80. The molecule has 1 heterocycles. The van der Waals surface area contributed by atoms with Crippen LogP contribution in [-0.4, -0.2) is 16.6 Å². The molecule has 2 aromatic rings. The monoisotopic (exact) mass is 379 g/mol. The summed E-state index contributed by atoms with van der Waals surface area (Å²) in [5.41, 5.74) is 5.39. The Morgan fingerprint density at radius 2 is 1.39 bits per heavy atom. The first kappa shape index (κ1) is 21.8. The van der Waals surface area contributed by atoms with Crippen LogP contribution in [0.15, 0.2) is 60.0 Å². The fourth-order valence-electron chi connectivity index (χ4n) is 3.17. The number of nitrogens with zero attached hydrogens (tertiary/aromatic N) is 2. The maximum Gasteiger partial charge on any atom is 0.240 e. The fourth-order valence-corrected chi connectivity index (χ4v) is 3.17. The lowest BCUT2D eigenvalue weighted by Crippen LogP contribution is -2.20. The zero-order chi connectivity index (χ0) is 19.9. The molecule has 4 heteroatoms. The van der Waals surface area contributed by atoms with E-state index in [1.165, 1.54) is 44.9 Å². The molecule has 0 saturated heterocycles. The first-order valence-electron chi connectivity index (χ1n) is 10.6.